The molecule has 0 aromatic carbocycles. The molecule has 5 heteroatoms. The van der Waals surface area contributed by atoms with Crippen molar-refractivity contribution in [2.75, 3.05) is 19.6 Å². The fourth-order valence-corrected chi connectivity index (χ4v) is 1.77. The molecular weight excluding hydrogens is 176 g/mol. The van der Waals surface area contributed by atoms with E-state index in [4.69, 9.17) is 0 Å². The van der Waals surface area contributed by atoms with Crippen LogP contribution in [0, 0.1) is 5.92 Å². The molecule has 2 N–H and O–H groups in total. The van der Waals surface area contributed by atoms with Crippen molar-refractivity contribution in [3.63, 3.8) is 0 Å². The van der Waals surface area contributed by atoms with Gasteiger partial charge in [-0.15, -0.1) is 0 Å². The van der Waals surface area contributed by atoms with Gasteiger partial charge in [0.2, 0.25) is 10.0 Å². The van der Waals surface area contributed by atoms with Crippen LogP contribution in [0.2, 0.25) is 0 Å². The number of rotatable bonds is 4. The van der Waals surface area contributed by atoms with Crippen molar-refractivity contribution in [1.82, 2.24) is 10.0 Å². The van der Waals surface area contributed by atoms with E-state index in [-0.39, 0.29) is 0 Å². The van der Waals surface area contributed by atoms with Gasteiger partial charge in [0.05, 0.1) is 0 Å². The van der Waals surface area contributed by atoms with E-state index in [1.165, 1.54) is 0 Å². The van der Waals surface area contributed by atoms with Gasteiger partial charge in [0.1, 0.15) is 0 Å². The van der Waals surface area contributed by atoms with E-state index in [1.807, 2.05) is 0 Å². The van der Waals surface area contributed by atoms with Gasteiger partial charge in [0.15, 0.2) is 0 Å². The Morgan fingerprint density at radius 2 is 2.42 bits per heavy atom. The van der Waals surface area contributed by atoms with Gasteiger partial charge in [-0.25, -0.2) is 13.1 Å². The highest BCUT2D eigenvalue weighted by Crippen LogP contribution is 2.05. The van der Waals surface area contributed by atoms with E-state index in [0.29, 0.717) is 12.5 Å². The fourth-order valence-electron chi connectivity index (χ4n) is 1.18. The van der Waals surface area contributed by atoms with Crippen LogP contribution < -0.4 is 10.0 Å². The van der Waals surface area contributed by atoms with E-state index < -0.39 is 10.0 Å². The van der Waals surface area contributed by atoms with Crippen molar-refractivity contribution in [2.24, 2.45) is 5.92 Å². The molecule has 4 nitrogen and oxygen atoms in total. The van der Waals surface area contributed by atoms with Gasteiger partial charge in [-0.05, 0) is 25.4 Å². The van der Waals surface area contributed by atoms with Gasteiger partial charge in [0, 0.05) is 12.0 Å². The van der Waals surface area contributed by atoms with Crippen molar-refractivity contribution in [2.45, 2.75) is 6.42 Å². The summed E-state index contributed by atoms with van der Waals surface area (Å²) in [5.41, 5.74) is 0. The molecule has 0 bridgehead atoms. The van der Waals surface area contributed by atoms with Crippen molar-refractivity contribution in [3.8, 4) is 0 Å². The van der Waals surface area contributed by atoms with Crippen LogP contribution in [0.3, 0.4) is 0 Å². The first kappa shape index (κ1) is 9.70. The van der Waals surface area contributed by atoms with Crippen LogP contribution in [-0.2, 0) is 10.0 Å². The predicted molar refractivity (Wildman–Crippen MR) is 48.1 cm³/mol. The summed E-state index contributed by atoms with van der Waals surface area (Å²) in [7, 11) is -3.22. The third-order valence-electron chi connectivity index (χ3n) is 1.95. The standard InChI is InChI=1S/C7H14N2O2S/c1-2-12(10,11)9-6-7-3-4-8-5-7/h2,7-9H,1,3-6H2/t7-/m0/s1. The smallest absolute Gasteiger partial charge is 0.233 e. The van der Waals surface area contributed by atoms with Crippen LogP contribution in [0.4, 0.5) is 0 Å². The number of hydrogen-bond donors (Lipinski definition) is 2. The topological polar surface area (TPSA) is 58.2 Å². The average Bonchev–Trinajstić information content (AvgIpc) is 2.53. The molecule has 1 atom stereocenters. The second kappa shape index (κ2) is 4.02. The number of sulfonamides is 1. The molecule has 1 rings (SSSR count). The molecule has 1 fully saturated rings. The average molecular weight is 190 g/mol. The summed E-state index contributed by atoms with van der Waals surface area (Å²) in [6.07, 6.45) is 1.04. The normalized spacial score (nSPS) is 24.2. The minimum Gasteiger partial charge on any atom is -0.316 e. The minimum atomic E-state index is -3.22. The zero-order valence-electron chi connectivity index (χ0n) is 6.91. The zero-order chi connectivity index (χ0) is 9.03. The minimum absolute atomic E-state index is 0.430. The lowest BCUT2D eigenvalue weighted by Crippen LogP contribution is -2.28. The van der Waals surface area contributed by atoms with Crippen LogP contribution in [0.1, 0.15) is 6.42 Å². The maximum Gasteiger partial charge on any atom is 0.233 e. The monoisotopic (exact) mass is 190 g/mol. The van der Waals surface area contributed by atoms with Gasteiger partial charge in [0.25, 0.3) is 0 Å². The summed E-state index contributed by atoms with van der Waals surface area (Å²) < 4.78 is 24.3. The summed E-state index contributed by atoms with van der Waals surface area (Å²) in [6.45, 7) is 5.62. The van der Waals surface area contributed by atoms with Crippen LogP contribution in [0.5, 0.6) is 0 Å². The molecule has 1 heterocycles. The molecule has 1 aliphatic rings. The van der Waals surface area contributed by atoms with Crippen molar-refractivity contribution in [1.29, 1.82) is 0 Å². The quantitative estimate of drug-likeness (QED) is 0.637. The van der Waals surface area contributed by atoms with Crippen LogP contribution in [-0.4, -0.2) is 28.1 Å². The Kier molecular flexibility index (Phi) is 3.25. The fraction of sp³-hybridized carbons (Fsp3) is 0.714. The molecule has 0 radical (unpaired) electrons. The van der Waals surface area contributed by atoms with Gasteiger partial charge in [-0.2, -0.15) is 0 Å². The third-order valence-corrected chi connectivity index (χ3v) is 2.96. The van der Waals surface area contributed by atoms with Crippen LogP contribution in [0.25, 0.3) is 0 Å². The second-order valence-electron chi connectivity index (χ2n) is 2.92. The molecule has 0 aromatic heterocycles. The van der Waals surface area contributed by atoms with Crippen LogP contribution >= 0.6 is 0 Å². The van der Waals surface area contributed by atoms with Gasteiger partial charge in [-0.1, -0.05) is 6.58 Å². The summed E-state index contributed by atoms with van der Waals surface area (Å²) in [5.74, 6) is 0.430. The first-order chi connectivity index (χ1) is 5.64. The summed E-state index contributed by atoms with van der Waals surface area (Å²) in [6, 6.07) is 0. The zero-order valence-corrected chi connectivity index (χ0v) is 7.73. The predicted octanol–water partition coefficient (Wildman–Crippen LogP) is -0.341. The molecule has 0 unspecified atom stereocenters. The third kappa shape index (κ3) is 2.92. The van der Waals surface area contributed by atoms with Crippen molar-refractivity contribution < 1.29 is 8.42 Å². The lowest BCUT2D eigenvalue weighted by Gasteiger charge is -2.07. The Morgan fingerprint density at radius 1 is 1.67 bits per heavy atom. The van der Waals surface area contributed by atoms with E-state index in [2.05, 4.69) is 16.6 Å². The Hall–Kier alpha value is -0.390. The summed E-state index contributed by atoms with van der Waals surface area (Å²) >= 11 is 0. The van der Waals surface area contributed by atoms with Gasteiger partial charge in [-0.3, -0.25) is 0 Å². The van der Waals surface area contributed by atoms with E-state index >= 15 is 0 Å². The van der Waals surface area contributed by atoms with Crippen molar-refractivity contribution in [3.05, 3.63) is 12.0 Å². The highest BCUT2D eigenvalue weighted by molar-refractivity contribution is 7.92. The Bertz CT molecular complexity index is 242. The lowest BCUT2D eigenvalue weighted by molar-refractivity contribution is 0.544. The Morgan fingerprint density at radius 3 is 2.92 bits per heavy atom. The molecule has 0 aliphatic carbocycles. The second-order valence-corrected chi connectivity index (χ2v) is 4.63. The van der Waals surface area contributed by atoms with E-state index in [1.54, 1.807) is 0 Å². The van der Waals surface area contributed by atoms with E-state index in [9.17, 15) is 8.42 Å². The maximum absolute atomic E-state index is 10.9. The molecule has 0 aromatic rings. The molecule has 70 valence electrons. The van der Waals surface area contributed by atoms with Crippen LogP contribution in [0.15, 0.2) is 12.0 Å². The first-order valence-electron chi connectivity index (χ1n) is 3.97. The van der Waals surface area contributed by atoms with Gasteiger partial charge < -0.3 is 5.32 Å². The highest BCUT2D eigenvalue weighted by Gasteiger charge is 2.15. The van der Waals surface area contributed by atoms with Gasteiger partial charge >= 0.3 is 0 Å². The SMILES string of the molecule is C=CS(=O)(=O)NC[C@H]1CCNC1. The summed E-state index contributed by atoms with van der Waals surface area (Å²) in [5, 5.41) is 4.11. The highest BCUT2D eigenvalue weighted by atomic mass is 32.2. The first-order valence-corrected chi connectivity index (χ1v) is 5.51. The molecule has 0 spiro atoms. The Labute approximate surface area is 73.1 Å². The van der Waals surface area contributed by atoms with Crippen molar-refractivity contribution >= 4 is 10.0 Å². The Balaban J connectivity index is 2.29. The van der Waals surface area contributed by atoms with E-state index in [0.717, 1.165) is 24.9 Å². The molecule has 1 saturated heterocycles. The molecule has 0 saturated carbocycles. The molecule has 1 aliphatic heterocycles. The lowest BCUT2D eigenvalue weighted by atomic mass is 10.1. The number of hydrogen-bond acceptors (Lipinski definition) is 3. The maximum atomic E-state index is 10.9. The largest absolute Gasteiger partial charge is 0.316 e. The summed E-state index contributed by atoms with van der Waals surface area (Å²) in [4.78, 5) is 0. The molecular formula is C7H14N2O2S. The molecule has 0 amide bonds. The molecule has 12 heavy (non-hydrogen) atoms. The number of nitrogens with one attached hydrogen (secondary N) is 2.